The fourth-order valence-corrected chi connectivity index (χ4v) is 3.14. The summed E-state index contributed by atoms with van der Waals surface area (Å²) in [5.41, 5.74) is 1.12. The molecule has 3 aliphatic heterocycles. The van der Waals surface area contributed by atoms with Gasteiger partial charge in [0, 0.05) is 32.7 Å². The van der Waals surface area contributed by atoms with E-state index in [0.29, 0.717) is 5.78 Å². The number of hydrogen-bond acceptors (Lipinski definition) is 3. The Balaban J connectivity index is 1.72. The topological polar surface area (TPSA) is 23.6 Å². The number of carbonyl (C=O) groups excluding carboxylic acids is 1. The number of rotatable bonds is 2. The minimum atomic E-state index is 0.173. The van der Waals surface area contributed by atoms with Gasteiger partial charge in [-0.3, -0.25) is 14.6 Å². The highest BCUT2D eigenvalue weighted by Crippen LogP contribution is 2.24. The Labute approximate surface area is 97.1 Å². The molecule has 0 N–H and O–H groups in total. The Morgan fingerprint density at radius 3 is 2.56 bits per heavy atom. The van der Waals surface area contributed by atoms with Gasteiger partial charge in [0.05, 0.1) is 6.04 Å². The normalized spacial score (nSPS) is 38.2. The number of piperazine rings is 3. The Morgan fingerprint density at radius 1 is 1.19 bits per heavy atom. The van der Waals surface area contributed by atoms with E-state index in [2.05, 4.69) is 15.9 Å². The first-order valence-corrected chi connectivity index (χ1v) is 6.54. The second kappa shape index (κ2) is 4.30. The molecule has 3 nitrogen and oxygen atoms in total. The minimum Gasteiger partial charge on any atom is -0.299 e. The summed E-state index contributed by atoms with van der Waals surface area (Å²) in [5, 5.41) is 0. The van der Waals surface area contributed by atoms with Crippen LogP contribution in [0, 0.1) is 0 Å². The van der Waals surface area contributed by atoms with E-state index >= 15 is 0 Å². The Hall–Kier alpha value is -0.670. The summed E-state index contributed by atoms with van der Waals surface area (Å²) in [4.78, 5) is 17.2. The van der Waals surface area contributed by atoms with E-state index in [4.69, 9.17) is 0 Å². The molecule has 2 bridgehead atoms. The molecule has 0 aromatic carbocycles. The first kappa shape index (κ1) is 10.5. The fourth-order valence-electron chi connectivity index (χ4n) is 3.14. The zero-order chi connectivity index (χ0) is 11.0. The highest BCUT2D eigenvalue weighted by atomic mass is 16.1. The summed E-state index contributed by atoms with van der Waals surface area (Å²) >= 11 is 0. The maximum absolute atomic E-state index is 12.4. The summed E-state index contributed by atoms with van der Waals surface area (Å²) in [7, 11) is 0. The molecule has 3 fully saturated rings. The number of allylic oxidation sites excluding steroid dienone is 1. The maximum atomic E-state index is 12.4. The number of ketones is 1. The predicted molar refractivity (Wildman–Crippen MR) is 63.4 cm³/mol. The van der Waals surface area contributed by atoms with Crippen LogP contribution >= 0.6 is 0 Å². The van der Waals surface area contributed by atoms with E-state index in [1.165, 1.54) is 12.8 Å². The fraction of sp³-hybridized carbons (Fsp3) is 0.769. The van der Waals surface area contributed by atoms with Crippen molar-refractivity contribution in [1.82, 2.24) is 9.80 Å². The van der Waals surface area contributed by atoms with Crippen LogP contribution in [0.3, 0.4) is 0 Å². The van der Waals surface area contributed by atoms with Crippen molar-refractivity contribution in [3.63, 3.8) is 0 Å². The van der Waals surface area contributed by atoms with Crippen LogP contribution in [-0.4, -0.2) is 54.3 Å². The molecular weight excluding hydrogens is 200 g/mol. The van der Waals surface area contributed by atoms with Crippen molar-refractivity contribution < 1.29 is 4.79 Å². The second-order valence-corrected chi connectivity index (χ2v) is 5.19. The molecule has 3 heterocycles. The molecule has 3 saturated heterocycles. The lowest BCUT2D eigenvalue weighted by Crippen LogP contribution is -2.63. The smallest absolute Gasteiger partial charge is 0.176 e. The summed E-state index contributed by atoms with van der Waals surface area (Å²) < 4.78 is 0. The summed E-state index contributed by atoms with van der Waals surface area (Å²) in [5.74, 6) is 0.420. The molecule has 16 heavy (non-hydrogen) atoms. The highest BCUT2D eigenvalue weighted by molar-refractivity contribution is 5.99. The minimum absolute atomic E-state index is 0.173. The zero-order valence-corrected chi connectivity index (χ0v) is 9.82. The van der Waals surface area contributed by atoms with Crippen molar-refractivity contribution in [2.24, 2.45) is 0 Å². The average molecular weight is 220 g/mol. The van der Waals surface area contributed by atoms with Crippen molar-refractivity contribution in [3.8, 4) is 0 Å². The Bertz CT molecular complexity index is 316. The highest BCUT2D eigenvalue weighted by Gasteiger charge is 2.37. The van der Waals surface area contributed by atoms with Gasteiger partial charge in [-0.1, -0.05) is 6.08 Å². The Kier molecular flexibility index (Phi) is 2.82. The van der Waals surface area contributed by atoms with Crippen LogP contribution in [0.4, 0.5) is 0 Å². The van der Waals surface area contributed by atoms with Crippen LogP contribution in [0.25, 0.3) is 0 Å². The van der Waals surface area contributed by atoms with Gasteiger partial charge in [0.25, 0.3) is 0 Å². The van der Waals surface area contributed by atoms with E-state index in [1.54, 1.807) is 0 Å². The number of hydrogen-bond donors (Lipinski definition) is 0. The predicted octanol–water partition coefficient (Wildman–Crippen LogP) is 1.06. The molecule has 1 atom stereocenters. The quantitative estimate of drug-likeness (QED) is 0.695. The van der Waals surface area contributed by atoms with Gasteiger partial charge in [0.1, 0.15) is 0 Å². The third kappa shape index (κ3) is 1.82. The summed E-state index contributed by atoms with van der Waals surface area (Å²) in [6, 6.07) is 0.173. The molecule has 0 amide bonds. The molecule has 0 saturated carbocycles. The zero-order valence-electron chi connectivity index (χ0n) is 9.82. The first-order valence-electron chi connectivity index (χ1n) is 6.54. The van der Waals surface area contributed by atoms with Gasteiger partial charge in [-0.15, -0.1) is 0 Å². The van der Waals surface area contributed by atoms with Gasteiger partial charge in [0.15, 0.2) is 5.78 Å². The van der Waals surface area contributed by atoms with Crippen LogP contribution in [0.5, 0.6) is 0 Å². The monoisotopic (exact) mass is 220 g/mol. The Morgan fingerprint density at radius 2 is 2.00 bits per heavy atom. The first-order chi connectivity index (χ1) is 7.84. The van der Waals surface area contributed by atoms with Crippen LogP contribution in [0.2, 0.25) is 0 Å². The lowest BCUT2D eigenvalue weighted by molar-refractivity contribution is -0.125. The van der Waals surface area contributed by atoms with Crippen molar-refractivity contribution in [2.75, 3.05) is 32.7 Å². The van der Waals surface area contributed by atoms with Crippen molar-refractivity contribution in [2.45, 2.75) is 31.7 Å². The number of nitrogens with zero attached hydrogens (tertiary/aromatic N) is 2. The molecule has 3 heteroatoms. The van der Waals surface area contributed by atoms with E-state index < -0.39 is 0 Å². The van der Waals surface area contributed by atoms with Crippen molar-refractivity contribution in [3.05, 3.63) is 11.6 Å². The van der Waals surface area contributed by atoms with Gasteiger partial charge < -0.3 is 0 Å². The van der Waals surface area contributed by atoms with Crippen LogP contribution in [-0.2, 0) is 4.79 Å². The van der Waals surface area contributed by atoms with E-state index in [9.17, 15) is 4.79 Å². The van der Waals surface area contributed by atoms with Gasteiger partial charge in [-0.25, -0.2) is 0 Å². The third-order valence-electron chi connectivity index (χ3n) is 4.19. The molecule has 4 rings (SSSR count). The van der Waals surface area contributed by atoms with E-state index in [1.807, 2.05) is 0 Å². The SMILES string of the molecule is O=C(C1=CCCCC1)C1CN2CCN1CC2. The summed E-state index contributed by atoms with van der Waals surface area (Å²) in [6.07, 6.45) is 6.77. The van der Waals surface area contributed by atoms with Crippen LogP contribution in [0.15, 0.2) is 11.6 Å². The lowest BCUT2D eigenvalue weighted by Gasteiger charge is -2.47. The van der Waals surface area contributed by atoms with Gasteiger partial charge in [-0.2, -0.15) is 0 Å². The van der Waals surface area contributed by atoms with Crippen molar-refractivity contribution in [1.29, 1.82) is 0 Å². The molecule has 0 aromatic rings. The van der Waals surface area contributed by atoms with E-state index in [-0.39, 0.29) is 6.04 Å². The van der Waals surface area contributed by atoms with Gasteiger partial charge in [0.2, 0.25) is 0 Å². The third-order valence-corrected chi connectivity index (χ3v) is 4.19. The molecule has 0 aromatic heterocycles. The summed E-state index contributed by atoms with van der Waals surface area (Å²) in [6.45, 7) is 5.45. The number of carbonyl (C=O) groups is 1. The standard InChI is InChI=1S/C13H20N2O/c16-13(11-4-2-1-3-5-11)12-10-14-6-8-15(12)9-7-14/h4,12H,1-3,5-10H2. The van der Waals surface area contributed by atoms with Crippen LogP contribution in [0.1, 0.15) is 25.7 Å². The second-order valence-electron chi connectivity index (χ2n) is 5.19. The molecule has 88 valence electrons. The van der Waals surface area contributed by atoms with Gasteiger partial charge in [-0.05, 0) is 31.3 Å². The van der Waals surface area contributed by atoms with Crippen molar-refractivity contribution >= 4 is 5.78 Å². The van der Waals surface area contributed by atoms with Crippen LogP contribution < -0.4 is 0 Å². The molecule has 1 aliphatic carbocycles. The lowest BCUT2D eigenvalue weighted by atomic mass is 9.91. The number of fused-ring (bicyclic) bond motifs is 3. The largest absolute Gasteiger partial charge is 0.299 e. The number of Topliss-reactive ketones (excluding diaryl/α,β-unsaturated/α-hetero) is 1. The molecular formula is C13H20N2O. The molecule has 0 radical (unpaired) electrons. The average Bonchev–Trinajstić information content (AvgIpc) is 2.40. The van der Waals surface area contributed by atoms with Gasteiger partial charge >= 0.3 is 0 Å². The molecule has 1 unspecified atom stereocenters. The van der Waals surface area contributed by atoms with E-state index in [0.717, 1.165) is 51.1 Å². The maximum Gasteiger partial charge on any atom is 0.176 e. The molecule has 0 spiro atoms. The molecule has 4 aliphatic rings.